The van der Waals surface area contributed by atoms with Crippen LogP contribution in [0.4, 0.5) is 4.39 Å². The summed E-state index contributed by atoms with van der Waals surface area (Å²) < 4.78 is 20.8. The number of benzene rings is 2. The van der Waals surface area contributed by atoms with E-state index in [-0.39, 0.29) is 11.4 Å². The predicted molar refractivity (Wildman–Crippen MR) is 101 cm³/mol. The van der Waals surface area contributed by atoms with Gasteiger partial charge in [-0.3, -0.25) is 9.36 Å². The fraction of sp³-hybridized carbons (Fsp3) is 0.0476. The molecule has 0 aliphatic carbocycles. The maximum Gasteiger partial charge on any atom is 0.378 e. The molecule has 0 radical (unpaired) electrons. The maximum atomic E-state index is 13.9. The van der Waals surface area contributed by atoms with Gasteiger partial charge in [-0.2, -0.15) is 4.98 Å². The molecule has 2 heterocycles. The third-order valence-corrected chi connectivity index (χ3v) is 4.47. The van der Waals surface area contributed by atoms with Crippen LogP contribution in [0.15, 0.2) is 70.1 Å². The molecule has 0 saturated heterocycles. The fourth-order valence-electron chi connectivity index (χ4n) is 3.02. The van der Waals surface area contributed by atoms with Crippen LogP contribution in [-0.2, 0) is 0 Å². The minimum absolute atomic E-state index is 0.135. The van der Waals surface area contributed by atoms with Gasteiger partial charge in [0.2, 0.25) is 0 Å². The number of aryl methyl sites for hydroxylation is 1. The third-order valence-electron chi connectivity index (χ3n) is 4.47. The highest BCUT2D eigenvalue weighted by Crippen LogP contribution is 2.23. The number of rotatable bonds is 4. The Labute approximate surface area is 163 Å². The van der Waals surface area contributed by atoms with Crippen LogP contribution in [0, 0.1) is 12.7 Å². The Balaban J connectivity index is 1.68. The second-order valence-corrected chi connectivity index (χ2v) is 6.40. The second kappa shape index (κ2) is 7.16. The summed E-state index contributed by atoms with van der Waals surface area (Å²) in [6, 6.07) is 14.0. The summed E-state index contributed by atoms with van der Waals surface area (Å²) in [6.07, 6.45) is 1.69. The molecule has 29 heavy (non-hydrogen) atoms. The highest BCUT2D eigenvalue weighted by Gasteiger charge is 2.21. The normalized spacial score (nSPS) is 10.8. The highest BCUT2D eigenvalue weighted by molar-refractivity contribution is 5.88. The molecule has 2 N–H and O–H groups in total. The van der Waals surface area contributed by atoms with Crippen molar-refractivity contribution in [1.82, 2.24) is 9.72 Å². The van der Waals surface area contributed by atoms with Gasteiger partial charge in [0.05, 0.1) is 22.4 Å². The lowest BCUT2D eigenvalue weighted by Crippen LogP contribution is -2.16. The molecule has 0 aliphatic rings. The summed E-state index contributed by atoms with van der Waals surface area (Å²) in [5.41, 5.74) is 2.08. The zero-order valence-electron chi connectivity index (χ0n) is 15.2. The summed E-state index contributed by atoms with van der Waals surface area (Å²) >= 11 is 0. The molecule has 0 aliphatic heterocycles. The molecule has 0 bridgehead atoms. The molecule has 2 aromatic heterocycles. The molecule has 0 atom stereocenters. The van der Waals surface area contributed by atoms with Crippen molar-refractivity contribution in [2.24, 2.45) is 0 Å². The summed E-state index contributed by atoms with van der Waals surface area (Å²) in [6.45, 7) is 1.87. The van der Waals surface area contributed by atoms with Gasteiger partial charge >= 0.3 is 17.7 Å². The van der Waals surface area contributed by atoms with E-state index in [2.05, 4.69) is 10.1 Å². The van der Waals surface area contributed by atoms with Gasteiger partial charge in [-0.05, 0) is 55.0 Å². The molecule has 2 aromatic carbocycles. The van der Waals surface area contributed by atoms with Crippen LogP contribution in [0.1, 0.15) is 15.9 Å². The Morgan fingerprint density at radius 2 is 1.93 bits per heavy atom. The number of nitrogens with zero attached hydrogens (tertiary/aromatic N) is 2. The first-order valence-electron chi connectivity index (χ1n) is 8.65. The monoisotopic (exact) mass is 392 g/mol. The summed E-state index contributed by atoms with van der Waals surface area (Å²) in [5, 5.41) is 12.8. The van der Waals surface area contributed by atoms with E-state index in [0.717, 1.165) is 17.3 Å². The minimum atomic E-state index is -1.34. The Morgan fingerprint density at radius 1 is 1.14 bits per heavy atom. The first-order chi connectivity index (χ1) is 13.9. The van der Waals surface area contributed by atoms with Crippen LogP contribution in [0.2, 0.25) is 0 Å². The Bertz CT molecular complexity index is 1290. The van der Waals surface area contributed by atoms with Gasteiger partial charge in [0.1, 0.15) is 5.82 Å². The van der Waals surface area contributed by atoms with Crippen LogP contribution < -0.4 is 10.5 Å². The zero-order valence-corrected chi connectivity index (χ0v) is 15.2. The molecule has 4 aromatic rings. The average molecular weight is 392 g/mol. The predicted octanol–water partition coefficient (Wildman–Crippen LogP) is 3.12. The highest BCUT2D eigenvalue weighted by atomic mass is 19.1. The number of H-pyrrole nitrogens is 1. The van der Waals surface area contributed by atoms with Crippen LogP contribution in [-0.4, -0.2) is 20.8 Å². The molecule has 8 heteroatoms. The van der Waals surface area contributed by atoms with Gasteiger partial charge in [0, 0.05) is 12.3 Å². The number of halogens is 1. The van der Waals surface area contributed by atoms with E-state index in [4.69, 9.17) is 9.63 Å². The summed E-state index contributed by atoms with van der Waals surface area (Å²) in [5.74, 6) is -1.59. The molecule has 0 spiro atoms. The molecule has 0 fully saturated rings. The average Bonchev–Trinajstić information content (AvgIpc) is 3.18. The lowest BCUT2D eigenvalue weighted by Gasteiger charge is -2.08. The van der Waals surface area contributed by atoms with E-state index in [1.54, 1.807) is 35.0 Å². The van der Waals surface area contributed by atoms with Crippen molar-refractivity contribution in [2.75, 3.05) is 0 Å². The maximum absolute atomic E-state index is 13.9. The number of pyridine rings is 1. The van der Waals surface area contributed by atoms with Crippen molar-refractivity contribution in [3.8, 4) is 28.5 Å². The molecule has 0 unspecified atom stereocenters. The number of nitrogens with one attached hydrogen (secondary N) is 1. The molecular formula is C21H15FN3O4+. The smallest absolute Gasteiger partial charge is 0.378 e. The number of aromatic nitrogens is 3. The van der Waals surface area contributed by atoms with E-state index in [1.807, 2.05) is 13.0 Å². The van der Waals surface area contributed by atoms with Gasteiger partial charge < -0.3 is 5.11 Å². The Kier molecular flexibility index (Phi) is 4.52. The molecule has 0 saturated carbocycles. The van der Waals surface area contributed by atoms with Crippen molar-refractivity contribution in [3.05, 3.63) is 88.1 Å². The van der Waals surface area contributed by atoms with Crippen LogP contribution >= 0.6 is 0 Å². The van der Waals surface area contributed by atoms with Gasteiger partial charge in [0.15, 0.2) is 5.16 Å². The number of hydrogen-bond acceptors (Lipinski definition) is 4. The van der Waals surface area contributed by atoms with Crippen LogP contribution in [0.25, 0.3) is 28.5 Å². The number of carbonyl (C=O) groups is 1. The lowest BCUT2D eigenvalue weighted by molar-refractivity contribution is -0.356. The number of aromatic amines is 1. The number of carboxylic acids is 1. The SMILES string of the molecule is Cc1cc(-c2[nH+]c(-c3ccc(C(=O)O)c(F)c3)no2)ccc1-n1ccccc1=O. The van der Waals surface area contributed by atoms with E-state index in [9.17, 15) is 14.0 Å². The Hall–Kier alpha value is -4.07. The second-order valence-electron chi connectivity index (χ2n) is 6.40. The minimum Gasteiger partial charge on any atom is -0.478 e. The van der Waals surface area contributed by atoms with Crippen LogP contribution in [0.5, 0.6) is 0 Å². The molecule has 0 amide bonds. The van der Waals surface area contributed by atoms with E-state index in [0.29, 0.717) is 17.0 Å². The third kappa shape index (κ3) is 3.43. The number of aromatic carboxylic acids is 1. The van der Waals surface area contributed by atoms with Gasteiger partial charge in [-0.25, -0.2) is 13.7 Å². The molecule has 7 nitrogen and oxygen atoms in total. The van der Waals surface area contributed by atoms with Crippen LogP contribution in [0.3, 0.4) is 0 Å². The standard InChI is InChI=1S/C21H14FN3O4/c1-12-10-14(6-8-17(12)25-9-3-2-4-18(25)26)20-23-19(24-29-20)13-5-7-15(21(27)28)16(22)11-13/h2-11H,1H3,(H,27,28)/p+1. The van der Waals surface area contributed by atoms with Gasteiger partial charge in [-0.1, -0.05) is 6.07 Å². The Morgan fingerprint density at radius 3 is 2.62 bits per heavy atom. The quantitative estimate of drug-likeness (QED) is 0.575. The first kappa shape index (κ1) is 18.3. The van der Waals surface area contributed by atoms with Gasteiger partial charge in [-0.15, -0.1) is 0 Å². The molecule has 144 valence electrons. The first-order valence-corrected chi connectivity index (χ1v) is 8.65. The molecular weight excluding hydrogens is 377 g/mol. The van der Waals surface area contributed by atoms with Crippen molar-refractivity contribution >= 4 is 5.97 Å². The summed E-state index contributed by atoms with van der Waals surface area (Å²) in [4.78, 5) is 25.9. The fourth-order valence-corrected chi connectivity index (χ4v) is 3.02. The lowest BCUT2D eigenvalue weighted by atomic mass is 10.1. The topological polar surface area (TPSA) is 99.5 Å². The van der Waals surface area contributed by atoms with Crippen molar-refractivity contribution in [3.63, 3.8) is 0 Å². The zero-order chi connectivity index (χ0) is 20.5. The van der Waals surface area contributed by atoms with Crippen molar-refractivity contribution in [2.45, 2.75) is 6.92 Å². The van der Waals surface area contributed by atoms with Crippen molar-refractivity contribution < 1.29 is 23.8 Å². The largest absolute Gasteiger partial charge is 0.478 e. The molecule has 4 rings (SSSR count). The van der Waals surface area contributed by atoms with Gasteiger partial charge in [0.25, 0.3) is 5.56 Å². The summed E-state index contributed by atoms with van der Waals surface area (Å²) in [7, 11) is 0. The van der Waals surface area contributed by atoms with E-state index < -0.39 is 17.3 Å². The van der Waals surface area contributed by atoms with E-state index >= 15 is 0 Å². The van der Waals surface area contributed by atoms with E-state index in [1.165, 1.54) is 18.2 Å². The number of carboxylic acid groups (broad SMARTS) is 1. The van der Waals surface area contributed by atoms with Crippen molar-refractivity contribution in [1.29, 1.82) is 0 Å². The number of hydrogen-bond donors (Lipinski definition) is 1.